The first kappa shape index (κ1) is 38.9. The van der Waals surface area contributed by atoms with Crippen molar-refractivity contribution in [1.29, 1.82) is 0 Å². The molecule has 11 rings (SSSR count). The van der Waals surface area contributed by atoms with Crippen LogP contribution in [0.4, 0.5) is 0 Å². The molecule has 0 unspecified atom stereocenters. The molecule has 0 atom stereocenters. The van der Waals surface area contributed by atoms with Crippen molar-refractivity contribution in [2.75, 3.05) is 0 Å². The maximum Gasteiger partial charge on any atom is 0.177 e. The minimum atomic E-state index is 0. The van der Waals surface area contributed by atoms with Gasteiger partial charge in [-0.3, -0.25) is 4.98 Å². The van der Waals surface area contributed by atoms with Crippen LogP contribution >= 0.6 is 0 Å². The van der Waals surface area contributed by atoms with Gasteiger partial charge in [0, 0.05) is 48.1 Å². The predicted molar refractivity (Wildman–Crippen MR) is 242 cm³/mol. The summed E-state index contributed by atoms with van der Waals surface area (Å²) in [7, 11) is 0. The first-order valence-corrected chi connectivity index (χ1v) is 20.2. The Kier molecular flexibility index (Phi) is 10.5. The van der Waals surface area contributed by atoms with E-state index in [1.807, 2.05) is 66.7 Å². The monoisotopic (exact) mass is 956 g/mol. The van der Waals surface area contributed by atoms with Gasteiger partial charge in [0.15, 0.2) is 11.2 Å². The largest absolute Gasteiger partial charge is 0.497 e. The quantitative estimate of drug-likeness (QED) is 0.156. The molecule has 4 aromatic heterocycles. The number of hydrogen-bond donors (Lipinski definition) is 0. The number of fused-ring (bicyclic) bond motifs is 8. The maximum atomic E-state index is 6.82. The fraction of sp³-hybridized carbons (Fsp3) is 0.111. The molecule has 11 aromatic rings. The molecule has 7 aromatic carbocycles. The second kappa shape index (κ2) is 16.2. The van der Waals surface area contributed by atoms with Crippen molar-refractivity contribution in [2.45, 2.75) is 39.5 Å². The summed E-state index contributed by atoms with van der Waals surface area (Å²) in [6, 6.07) is 60.7. The zero-order valence-electron chi connectivity index (χ0n) is 33.7. The standard InChI is InChI=1S/C43H33N2O2.C11H8N.Ir/c1-25(2)34-23-28(27-13-6-5-7-14-27)24-35(26(3)4)39(34)45-37-19-10-9-18-36(37)44-43(45)33-17-12-16-30-32-22-21-31-29-15-8-11-20-38(29)46-41(31)42(32)47-40(30)33;1-2-6-10(7-3-1)11-8-4-5-9-12-11;/h5-16,18-26H,1-4H3;1-6,8-9H;/q2*-1;. The van der Waals surface area contributed by atoms with Crippen LogP contribution in [-0.4, -0.2) is 14.5 Å². The number of furan rings is 2. The Labute approximate surface area is 362 Å². The van der Waals surface area contributed by atoms with E-state index in [9.17, 15) is 0 Å². The van der Waals surface area contributed by atoms with Crippen molar-refractivity contribution in [3.8, 4) is 39.5 Å². The second-order valence-electron chi connectivity index (χ2n) is 15.5. The van der Waals surface area contributed by atoms with Gasteiger partial charge in [-0.15, -0.1) is 54.1 Å². The third-order valence-electron chi connectivity index (χ3n) is 11.1. The first-order chi connectivity index (χ1) is 28.9. The number of benzene rings is 7. The van der Waals surface area contributed by atoms with Crippen molar-refractivity contribution >= 4 is 54.9 Å². The number of rotatable bonds is 6. The van der Waals surface area contributed by atoms with Crippen molar-refractivity contribution in [2.24, 2.45) is 0 Å². The molecule has 0 amide bonds. The Morgan fingerprint density at radius 2 is 1.22 bits per heavy atom. The van der Waals surface area contributed by atoms with Crippen molar-refractivity contribution < 1.29 is 28.9 Å². The van der Waals surface area contributed by atoms with E-state index in [0.29, 0.717) is 0 Å². The fourth-order valence-electron chi connectivity index (χ4n) is 8.26. The van der Waals surface area contributed by atoms with Crippen LogP contribution in [0.3, 0.4) is 0 Å². The number of aromatic nitrogens is 3. The molecule has 0 saturated carbocycles. The molecule has 1 radical (unpaired) electrons. The van der Waals surface area contributed by atoms with Gasteiger partial charge in [-0.2, -0.15) is 0 Å². The average Bonchev–Trinajstić information content (AvgIpc) is 3.99. The molecule has 0 N–H and O–H groups in total. The molecule has 0 aliphatic heterocycles. The molecule has 0 bridgehead atoms. The normalized spacial score (nSPS) is 11.5. The topological polar surface area (TPSA) is 57.0 Å². The summed E-state index contributed by atoms with van der Waals surface area (Å²) >= 11 is 0. The smallest absolute Gasteiger partial charge is 0.177 e. The van der Waals surface area contributed by atoms with Gasteiger partial charge in [0.2, 0.25) is 0 Å². The Bertz CT molecular complexity index is 3210. The minimum Gasteiger partial charge on any atom is -0.497 e. The zero-order valence-corrected chi connectivity index (χ0v) is 36.1. The molecule has 0 aliphatic rings. The van der Waals surface area contributed by atoms with Crippen LogP contribution < -0.4 is 0 Å². The minimum absolute atomic E-state index is 0. The molecule has 0 aliphatic carbocycles. The summed E-state index contributed by atoms with van der Waals surface area (Å²) < 4.78 is 15.6. The summed E-state index contributed by atoms with van der Waals surface area (Å²) in [5.74, 6) is 1.35. The second-order valence-corrected chi connectivity index (χ2v) is 15.5. The van der Waals surface area contributed by atoms with Gasteiger partial charge in [0.25, 0.3) is 0 Å². The number of pyridine rings is 1. The average molecular weight is 956 g/mol. The molecule has 4 heterocycles. The number of imidazole rings is 1. The fourth-order valence-corrected chi connectivity index (χ4v) is 8.26. The third-order valence-corrected chi connectivity index (χ3v) is 11.1. The molecule has 0 saturated heterocycles. The SMILES string of the molecule is CC(C)c1cc(-c2ccccc2)cc(C(C)C)c1-n1c(-c2[c-]ccc3c2oc2c3ccc3c4ccccc4oc32)nc2ccccc21.[Ir].[c-]1ccccc1-c1ccccn1. The molecule has 295 valence electrons. The van der Waals surface area contributed by atoms with Gasteiger partial charge in [0.1, 0.15) is 5.58 Å². The van der Waals surface area contributed by atoms with Crippen LogP contribution in [0.25, 0.3) is 94.4 Å². The molecular weight excluding hydrogens is 915 g/mol. The van der Waals surface area contributed by atoms with E-state index in [1.54, 1.807) is 6.20 Å². The van der Waals surface area contributed by atoms with E-state index < -0.39 is 0 Å². The summed E-state index contributed by atoms with van der Waals surface area (Å²) in [5, 5.41) is 4.16. The van der Waals surface area contributed by atoms with Crippen molar-refractivity contribution in [1.82, 2.24) is 14.5 Å². The van der Waals surface area contributed by atoms with Gasteiger partial charge >= 0.3 is 0 Å². The number of para-hydroxylation sites is 3. The van der Waals surface area contributed by atoms with Crippen molar-refractivity contribution in [3.05, 3.63) is 187 Å². The molecule has 0 fully saturated rings. The van der Waals surface area contributed by atoms with E-state index >= 15 is 0 Å². The number of hydrogen-bond acceptors (Lipinski definition) is 4. The Morgan fingerprint density at radius 3 is 1.95 bits per heavy atom. The van der Waals surface area contributed by atoms with Crippen LogP contribution in [0.2, 0.25) is 0 Å². The predicted octanol–water partition coefficient (Wildman–Crippen LogP) is 14.8. The van der Waals surface area contributed by atoms with Gasteiger partial charge in [-0.05, 0) is 82.2 Å². The van der Waals surface area contributed by atoms with Crippen LogP contribution in [0.15, 0.2) is 173 Å². The van der Waals surface area contributed by atoms with E-state index in [4.69, 9.17) is 13.8 Å². The van der Waals surface area contributed by atoms with Gasteiger partial charge in [-0.1, -0.05) is 118 Å². The molecule has 5 nitrogen and oxygen atoms in total. The zero-order chi connectivity index (χ0) is 40.0. The molecule has 0 spiro atoms. The van der Waals surface area contributed by atoms with Crippen LogP contribution in [0, 0.1) is 12.1 Å². The summed E-state index contributed by atoms with van der Waals surface area (Å²) in [6.45, 7) is 9.12. The van der Waals surface area contributed by atoms with Crippen LogP contribution in [0.1, 0.15) is 50.7 Å². The maximum absolute atomic E-state index is 6.82. The summed E-state index contributed by atoms with van der Waals surface area (Å²) in [6.07, 6.45) is 1.79. The first-order valence-electron chi connectivity index (χ1n) is 20.2. The van der Waals surface area contributed by atoms with Crippen LogP contribution in [-0.2, 0) is 20.1 Å². The van der Waals surface area contributed by atoms with Crippen LogP contribution in [0.5, 0.6) is 0 Å². The Hall–Kier alpha value is -6.59. The van der Waals surface area contributed by atoms with E-state index in [2.05, 4.69) is 140 Å². The Morgan fingerprint density at radius 1 is 0.550 bits per heavy atom. The third kappa shape index (κ3) is 6.82. The van der Waals surface area contributed by atoms with Crippen molar-refractivity contribution in [3.63, 3.8) is 0 Å². The Balaban J connectivity index is 0.000000306. The summed E-state index contributed by atoms with van der Waals surface area (Å²) in [4.78, 5) is 9.52. The molecule has 60 heavy (non-hydrogen) atoms. The summed E-state index contributed by atoms with van der Waals surface area (Å²) in [5.41, 5.74) is 14.1. The van der Waals surface area contributed by atoms with Gasteiger partial charge in [-0.25, -0.2) is 0 Å². The molecule has 6 heteroatoms. The molecular formula is C54H41IrN3O2-2. The number of nitrogens with zero attached hydrogens (tertiary/aromatic N) is 3. The van der Waals surface area contributed by atoms with Gasteiger partial charge in [0.05, 0.1) is 22.4 Å². The van der Waals surface area contributed by atoms with Gasteiger partial charge < -0.3 is 18.4 Å². The van der Waals surface area contributed by atoms with E-state index in [0.717, 1.165) is 77.6 Å². The van der Waals surface area contributed by atoms with E-state index in [-0.39, 0.29) is 31.9 Å². The van der Waals surface area contributed by atoms with E-state index in [1.165, 1.54) is 27.9 Å².